The predicted octanol–water partition coefficient (Wildman–Crippen LogP) is 0.767. The Morgan fingerprint density at radius 1 is 1.27 bits per heavy atom. The molecule has 26 heavy (non-hydrogen) atoms. The molecule has 3 rings (SSSR count). The molecule has 0 atom stereocenters. The standard InChI is InChI=1S/C17H16ClN3O5/c1-21-13(19)12(14(23)20-16(21)25)11(22)8-26-15(24)17(6-7-17)9-2-4-10(18)5-3-9/h2-5H,6-8,19H2,1H3,(H,20,23,25). The molecule has 1 aliphatic rings. The highest BCUT2D eigenvalue weighted by molar-refractivity contribution is 6.30. The van der Waals surface area contributed by atoms with E-state index in [9.17, 15) is 19.2 Å². The van der Waals surface area contributed by atoms with Gasteiger partial charge in [0.1, 0.15) is 11.4 Å². The summed E-state index contributed by atoms with van der Waals surface area (Å²) < 4.78 is 6.07. The van der Waals surface area contributed by atoms with E-state index in [4.69, 9.17) is 22.1 Å². The molecule has 1 heterocycles. The van der Waals surface area contributed by atoms with Crippen molar-refractivity contribution in [3.63, 3.8) is 0 Å². The minimum absolute atomic E-state index is 0.279. The van der Waals surface area contributed by atoms with Crippen LogP contribution in [0.5, 0.6) is 0 Å². The van der Waals surface area contributed by atoms with E-state index in [-0.39, 0.29) is 5.82 Å². The van der Waals surface area contributed by atoms with Crippen molar-refractivity contribution in [1.82, 2.24) is 9.55 Å². The third-order valence-corrected chi connectivity index (χ3v) is 4.77. The molecule has 0 aliphatic heterocycles. The number of anilines is 1. The molecule has 9 heteroatoms. The van der Waals surface area contributed by atoms with E-state index >= 15 is 0 Å². The quantitative estimate of drug-likeness (QED) is 0.585. The number of carbonyl (C=O) groups is 2. The number of aromatic nitrogens is 2. The summed E-state index contributed by atoms with van der Waals surface area (Å²) >= 11 is 5.86. The number of Topliss-reactive ketones (excluding diaryl/α,β-unsaturated/α-hetero) is 1. The van der Waals surface area contributed by atoms with Crippen molar-refractivity contribution >= 4 is 29.2 Å². The molecule has 8 nitrogen and oxygen atoms in total. The van der Waals surface area contributed by atoms with Crippen LogP contribution in [0.2, 0.25) is 5.02 Å². The van der Waals surface area contributed by atoms with Crippen LogP contribution in [0, 0.1) is 0 Å². The molecule has 1 fully saturated rings. The van der Waals surface area contributed by atoms with Gasteiger partial charge in [0.25, 0.3) is 5.56 Å². The molecule has 1 aliphatic carbocycles. The predicted molar refractivity (Wildman–Crippen MR) is 94.4 cm³/mol. The number of rotatable bonds is 5. The summed E-state index contributed by atoms with van der Waals surface area (Å²) in [6.45, 7) is -0.639. The number of nitrogens with two attached hydrogens (primary N) is 1. The molecular weight excluding hydrogens is 362 g/mol. The molecule has 0 amide bonds. The van der Waals surface area contributed by atoms with Gasteiger partial charge in [0.2, 0.25) is 5.78 Å². The third kappa shape index (κ3) is 3.03. The van der Waals surface area contributed by atoms with E-state index in [1.165, 1.54) is 7.05 Å². The maximum Gasteiger partial charge on any atom is 0.329 e. The van der Waals surface area contributed by atoms with Crippen LogP contribution in [-0.4, -0.2) is 27.9 Å². The Balaban J connectivity index is 1.76. The van der Waals surface area contributed by atoms with Gasteiger partial charge < -0.3 is 10.5 Å². The highest BCUT2D eigenvalue weighted by atomic mass is 35.5. The number of aromatic amines is 1. The number of hydrogen-bond acceptors (Lipinski definition) is 6. The average Bonchev–Trinajstić information content (AvgIpc) is 3.40. The van der Waals surface area contributed by atoms with E-state index in [0.717, 1.165) is 10.1 Å². The van der Waals surface area contributed by atoms with Crippen LogP contribution in [0.1, 0.15) is 28.8 Å². The van der Waals surface area contributed by atoms with Crippen molar-refractivity contribution in [2.45, 2.75) is 18.3 Å². The lowest BCUT2D eigenvalue weighted by molar-refractivity contribution is -0.145. The number of nitrogens with one attached hydrogen (secondary N) is 1. The van der Waals surface area contributed by atoms with Crippen LogP contribution < -0.4 is 17.0 Å². The maximum absolute atomic E-state index is 12.5. The van der Waals surface area contributed by atoms with E-state index in [1.807, 2.05) is 4.98 Å². The molecular formula is C17H16ClN3O5. The van der Waals surface area contributed by atoms with Crippen molar-refractivity contribution in [3.05, 3.63) is 61.3 Å². The number of nitrogen functional groups attached to an aromatic ring is 1. The monoisotopic (exact) mass is 377 g/mol. The summed E-state index contributed by atoms with van der Waals surface area (Å²) in [5, 5.41) is 0.553. The lowest BCUT2D eigenvalue weighted by Crippen LogP contribution is -2.36. The Hall–Kier alpha value is -2.87. The third-order valence-electron chi connectivity index (χ3n) is 4.52. The average molecular weight is 378 g/mol. The minimum atomic E-state index is -0.912. The molecule has 0 bridgehead atoms. The van der Waals surface area contributed by atoms with E-state index < -0.39 is 40.6 Å². The molecule has 0 radical (unpaired) electrons. The molecule has 2 aromatic rings. The number of H-pyrrole nitrogens is 1. The van der Waals surface area contributed by atoms with Gasteiger partial charge in [-0.25, -0.2) is 4.79 Å². The van der Waals surface area contributed by atoms with Gasteiger partial charge in [0.05, 0.1) is 5.41 Å². The molecule has 1 aromatic carbocycles. The van der Waals surface area contributed by atoms with Gasteiger partial charge in [0.15, 0.2) is 6.61 Å². The second kappa shape index (κ2) is 6.45. The molecule has 0 spiro atoms. The number of carbonyl (C=O) groups excluding carboxylic acids is 2. The Labute approximate surface area is 152 Å². The normalized spacial score (nSPS) is 14.7. The molecule has 0 unspecified atom stereocenters. The second-order valence-corrected chi connectivity index (χ2v) is 6.60. The Morgan fingerprint density at radius 3 is 2.46 bits per heavy atom. The van der Waals surface area contributed by atoms with E-state index in [0.29, 0.717) is 17.9 Å². The van der Waals surface area contributed by atoms with Crippen molar-refractivity contribution in [1.29, 1.82) is 0 Å². The fourth-order valence-electron chi connectivity index (χ4n) is 2.75. The van der Waals surface area contributed by atoms with Gasteiger partial charge in [-0.1, -0.05) is 23.7 Å². The molecule has 1 aromatic heterocycles. The summed E-state index contributed by atoms with van der Waals surface area (Å²) in [5.74, 6) is -1.61. The number of ketones is 1. The number of hydrogen-bond donors (Lipinski definition) is 2. The van der Waals surface area contributed by atoms with Gasteiger partial charge in [0, 0.05) is 12.1 Å². The summed E-state index contributed by atoms with van der Waals surface area (Å²) in [6.07, 6.45) is 1.20. The van der Waals surface area contributed by atoms with Crippen molar-refractivity contribution < 1.29 is 14.3 Å². The van der Waals surface area contributed by atoms with Crippen molar-refractivity contribution in [2.24, 2.45) is 7.05 Å². The van der Waals surface area contributed by atoms with Gasteiger partial charge in [-0.05, 0) is 30.5 Å². The smallest absolute Gasteiger partial charge is 0.329 e. The molecule has 3 N–H and O–H groups in total. The topological polar surface area (TPSA) is 124 Å². The molecule has 136 valence electrons. The van der Waals surface area contributed by atoms with Crippen LogP contribution in [0.15, 0.2) is 33.9 Å². The van der Waals surface area contributed by atoms with Gasteiger partial charge >= 0.3 is 11.7 Å². The fraction of sp³-hybridized carbons (Fsp3) is 0.294. The first kappa shape index (κ1) is 17.9. The first-order valence-corrected chi connectivity index (χ1v) is 8.19. The van der Waals surface area contributed by atoms with Crippen LogP contribution in [0.4, 0.5) is 5.82 Å². The number of halogens is 1. The zero-order chi connectivity index (χ0) is 19.1. The fourth-order valence-corrected chi connectivity index (χ4v) is 2.88. The lowest BCUT2D eigenvalue weighted by atomic mass is 9.96. The molecule has 1 saturated carbocycles. The summed E-state index contributed by atoms with van der Waals surface area (Å²) in [4.78, 5) is 50.0. The Morgan fingerprint density at radius 2 is 1.88 bits per heavy atom. The van der Waals surface area contributed by atoms with Crippen LogP contribution in [-0.2, 0) is 22.0 Å². The largest absolute Gasteiger partial charge is 0.457 e. The number of nitrogens with zero attached hydrogens (tertiary/aromatic N) is 1. The van der Waals surface area contributed by atoms with E-state index in [1.54, 1.807) is 24.3 Å². The van der Waals surface area contributed by atoms with E-state index in [2.05, 4.69) is 0 Å². The lowest BCUT2D eigenvalue weighted by Gasteiger charge is -2.15. The molecule has 0 saturated heterocycles. The first-order chi connectivity index (χ1) is 12.3. The summed E-state index contributed by atoms with van der Waals surface area (Å²) in [6, 6.07) is 6.85. The SMILES string of the molecule is Cn1c(N)c(C(=O)COC(=O)C2(c3ccc(Cl)cc3)CC2)c(=O)[nH]c1=O. The van der Waals surface area contributed by atoms with Crippen LogP contribution in [0.25, 0.3) is 0 Å². The van der Waals surface area contributed by atoms with Crippen LogP contribution >= 0.6 is 11.6 Å². The Bertz CT molecular complexity index is 1000. The van der Waals surface area contributed by atoms with Gasteiger partial charge in [-0.3, -0.25) is 23.9 Å². The number of ether oxygens (including phenoxy) is 1. The van der Waals surface area contributed by atoms with Crippen LogP contribution in [0.3, 0.4) is 0 Å². The highest BCUT2D eigenvalue weighted by Crippen LogP contribution is 2.49. The van der Waals surface area contributed by atoms with Gasteiger partial charge in [-0.2, -0.15) is 0 Å². The zero-order valence-corrected chi connectivity index (χ0v) is 14.6. The number of benzene rings is 1. The second-order valence-electron chi connectivity index (χ2n) is 6.17. The van der Waals surface area contributed by atoms with Crippen molar-refractivity contribution in [3.8, 4) is 0 Å². The summed E-state index contributed by atoms with van der Waals surface area (Å²) in [5.41, 5.74) is 3.59. The van der Waals surface area contributed by atoms with Gasteiger partial charge in [-0.15, -0.1) is 0 Å². The summed E-state index contributed by atoms with van der Waals surface area (Å²) in [7, 11) is 1.32. The first-order valence-electron chi connectivity index (χ1n) is 7.81. The maximum atomic E-state index is 12.5. The Kier molecular flexibility index (Phi) is 4.45. The highest BCUT2D eigenvalue weighted by Gasteiger charge is 2.52. The van der Waals surface area contributed by atoms with Crippen molar-refractivity contribution in [2.75, 3.05) is 12.3 Å². The zero-order valence-electron chi connectivity index (χ0n) is 13.9. The minimum Gasteiger partial charge on any atom is -0.457 e. The number of esters is 1.